The van der Waals surface area contributed by atoms with Crippen molar-refractivity contribution >= 4 is 24.3 Å². The van der Waals surface area contributed by atoms with Gasteiger partial charge in [0.1, 0.15) is 6.29 Å². The molecule has 0 saturated heterocycles. The molecule has 1 N–H and O–H groups in total. The van der Waals surface area contributed by atoms with E-state index >= 15 is 0 Å². The van der Waals surface area contributed by atoms with E-state index in [0.29, 0.717) is 6.29 Å². The highest BCUT2D eigenvalue weighted by Crippen LogP contribution is 2.02. The third-order valence-corrected chi connectivity index (χ3v) is 2.20. The van der Waals surface area contributed by atoms with Gasteiger partial charge in [0, 0.05) is 13.1 Å². The Morgan fingerprint density at radius 1 is 1.28 bits per heavy atom. The monoisotopic (exact) mass is 246 g/mol. The number of benzene rings is 1. The minimum atomic E-state index is -0.607. The van der Waals surface area contributed by atoms with Gasteiger partial charge in [-0.05, 0) is 11.6 Å². The minimum Gasteiger partial charge on any atom is -0.341 e. The average molecular weight is 246 g/mol. The zero-order valence-corrected chi connectivity index (χ0v) is 10.00. The molecule has 0 radical (unpaired) electrons. The molecule has 0 aliphatic heterocycles. The topological polar surface area (TPSA) is 66.5 Å². The van der Waals surface area contributed by atoms with Crippen LogP contribution < -0.4 is 5.32 Å². The molecule has 0 aromatic heterocycles. The minimum absolute atomic E-state index is 0.266. The summed E-state index contributed by atoms with van der Waals surface area (Å²) in [6.07, 6.45) is 3.35. The molecular formula is C13H14N2O3. The molecule has 0 heterocycles. The second-order valence-corrected chi connectivity index (χ2v) is 3.41. The number of aldehydes is 1. The van der Waals surface area contributed by atoms with Crippen molar-refractivity contribution in [3.8, 4) is 0 Å². The average Bonchev–Trinajstić information content (AvgIpc) is 2.42. The van der Waals surface area contributed by atoms with Crippen LogP contribution in [-0.2, 0) is 9.59 Å². The molecule has 0 bridgehead atoms. The predicted octanol–water partition coefficient (Wildman–Crippen LogP) is 1.07. The van der Waals surface area contributed by atoms with Crippen LogP contribution in [0.15, 0.2) is 36.4 Å². The van der Waals surface area contributed by atoms with E-state index in [9.17, 15) is 14.4 Å². The van der Waals surface area contributed by atoms with Crippen LogP contribution in [0.1, 0.15) is 5.56 Å². The predicted molar refractivity (Wildman–Crippen MR) is 67.7 cm³/mol. The van der Waals surface area contributed by atoms with Crippen LogP contribution >= 0.6 is 0 Å². The van der Waals surface area contributed by atoms with Crippen LogP contribution in [0.4, 0.5) is 4.79 Å². The first-order valence-corrected chi connectivity index (χ1v) is 5.39. The Balaban J connectivity index is 2.75. The van der Waals surface area contributed by atoms with Gasteiger partial charge in [-0.3, -0.25) is 9.69 Å². The van der Waals surface area contributed by atoms with Gasteiger partial charge in [0.25, 0.3) is 5.91 Å². The number of rotatable bonds is 4. The largest absolute Gasteiger partial charge is 0.341 e. The van der Waals surface area contributed by atoms with Crippen molar-refractivity contribution in [1.82, 2.24) is 10.2 Å². The van der Waals surface area contributed by atoms with Crippen LogP contribution in [0, 0.1) is 0 Å². The summed E-state index contributed by atoms with van der Waals surface area (Å²) in [6, 6.07) is 8.59. The zero-order chi connectivity index (χ0) is 13.4. The number of imide groups is 1. The molecule has 1 aromatic rings. The fourth-order valence-corrected chi connectivity index (χ4v) is 1.30. The summed E-state index contributed by atoms with van der Waals surface area (Å²) in [5.74, 6) is -0.537. The standard InChI is InChI=1S/C13H14N2O3/c1-14-13(18)15(9-10-16)12(17)8-7-11-5-3-2-4-6-11/h2-8,10H,9H2,1H3,(H,14,18)/b8-7+. The maximum Gasteiger partial charge on any atom is 0.324 e. The van der Waals surface area contributed by atoms with Crippen LogP contribution in [0.25, 0.3) is 6.08 Å². The van der Waals surface area contributed by atoms with E-state index in [4.69, 9.17) is 0 Å². The molecule has 0 fully saturated rings. The van der Waals surface area contributed by atoms with E-state index in [2.05, 4.69) is 5.32 Å². The Labute approximate surface area is 105 Å². The molecule has 0 aliphatic rings. The van der Waals surface area contributed by atoms with Gasteiger partial charge in [0.2, 0.25) is 0 Å². The van der Waals surface area contributed by atoms with Crippen molar-refractivity contribution in [3.05, 3.63) is 42.0 Å². The molecule has 3 amide bonds. The van der Waals surface area contributed by atoms with E-state index in [0.717, 1.165) is 10.5 Å². The van der Waals surface area contributed by atoms with E-state index in [1.165, 1.54) is 13.1 Å². The van der Waals surface area contributed by atoms with Gasteiger partial charge < -0.3 is 10.1 Å². The Kier molecular flexibility index (Phi) is 5.31. The third kappa shape index (κ3) is 3.86. The van der Waals surface area contributed by atoms with Crippen molar-refractivity contribution in [2.24, 2.45) is 0 Å². The smallest absolute Gasteiger partial charge is 0.324 e. The van der Waals surface area contributed by atoms with Gasteiger partial charge >= 0.3 is 6.03 Å². The molecule has 0 atom stereocenters. The fourth-order valence-electron chi connectivity index (χ4n) is 1.30. The maximum absolute atomic E-state index is 11.7. The van der Waals surface area contributed by atoms with Crippen LogP contribution in [0.3, 0.4) is 0 Å². The summed E-state index contributed by atoms with van der Waals surface area (Å²) in [5.41, 5.74) is 0.841. The molecule has 1 rings (SSSR count). The quantitative estimate of drug-likeness (QED) is 0.638. The molecule has 94 valence electrons. The number of carbonyl (C=O) groups is 3. The first kappa shape index (κ1) is 13.6. The number of hydrogen-bond acceptors (Lipinski definition) is 3. The molecule has 0 spiro atoms. The lowest BCUT2D eigenvalue weighted by molar-refractivity contribution is -0.125. The van der Waals surface area contributed by atoms with Crippen LogP contribution in [0.5, 0.6) is 0 Å². The number of carbonyl (C=O) groups excluding carboxylic acids is 3. The number of urea groups is 1. The zero-order valence-electron chi connectivity index (χ0n) is 10.00. The third-order valence-electron chi connectivity index (χ3n) is 2.20. The summed E-state index contributed by atoms with van der Waals surface area (Å²) in [7, 11) is 1.40. The first-order valence-electron chi connectivity index (χ1n) is 5.39. The molecule has 0 saturated carbocycles. The van der Waals surface area contributed by atoms with Crippen molar-refractivity contribution in [1.29, 1.82) is 0 Å². The highest BCUT2D eigenvalue weighted by atomic mass is 16.2. The lowest BCUT2D eigenvalue weighted by atomic mass is 10.2. The van der Waals surface area contributed by atoms with E-state index < -0.39 is 11.9 Å². The number of amides is 3. The van der Waals surface area contributed by atoms with Gasteiger partial charge in [0.15, 0.2) is 0 Å². The summed E-state index contributed by atoms with van der Waals surface area (Å²) in [6.45, 7) is -0.266. The second-order valence-electron chi connectivity index (χ2n) is 3.41. The number of hydrogen-bond donors (Lipinski definition) is 1. The maximum atomic E-state index is 11.7. The van der Waals surface area contributed by atoms with Gasteiger partial charge in [0.05, 0.1) is 6.54 Å². The Bertz CT molecular complexity index is 455. The van der Waals surface area contributed by atoms with Gasteiger partial charge in [-0.15, -0.1) is 0 Å². The van der Waals surface area contributed by atoms with Gasteiger partial charge in [-0.2, -0.15) is 0 Å². The van der Waals surface area contributed by atoms with E-state index in [1.807, 2.05) is 30.3 Å². The number of nitrogens with zero attached hydrogens (tertiary/aromatic N) is 1. The van der Waals surface area contributed by atoms with Crippen molar-refractivity contribution < 1.29 is 14.4 Å². The number of nitrogens with one attached hydrogen (secondary N) is 1. The molecule has 18 heavy (non-hydrogen) atoms. The second kappa shape index (κ2) is 7.01. The molecule has 5 nitrogen and oxygen atoms in total. The van der Waals surface area contributed by atoms with Crippen molar-refractivity contribution in [2.45, 2.75) is 0 Å². The SMILES string of the molecule is CNC(=O)N(CC=O)C(=O)/C=C/c1ccccc1. The highest BCUT2D eigenvalue weighted by molar-refractivity contribution is 6.03. The highest BCUT2D eigenvalue weighted by Gasteiger charge is 2.16. The summed E-state index contributed by atoms with van der Waals surface area (Å²) in [5, 5.41) is 2.30. The summed E-state index contributed by atoms with van der Waals surface area (Å²) >= 11 is 0. The lowest BCUT2D eigenvalue weighted by Gasteiger charge is -2.15. The molecule has 5 heteroatoms. The van der Waals surface area contributed by atoms with Gasteiger partial charge in [-0.1, -0.05) is 30.3 Å². The summed E-state index contributed by atoms with van der Waals surface area (Å²) in [4.78, 5) is 34.3. The van der Waals surface area contributed by atoms with E-state index in [1.54, 1.807) is 6.08 Å². The normalized spacial score (nSPS) is 10.1. The van der Waals surface area contributed by atoms with Gasteiger partial charge in [-0.25, -0.2) is 4.79 Å². The molecule has 1 aromatic carbocycles. The first-order chi connectivity index (χ1) is 8.69. The molecule has 0 aliphatic carbocycles. The molecular weight excluding hydrogens is 232 g/mol. The Hall–Kier alpha value is -2.43. The molecule has 0 unspecified atom stereocenters. The lowest BCUT2D eigenvalue weighted by Crippen LogP contribution is -2.42. The van der Waals surface area contributed by atoms with Crippen LogP contribution in [0.2, 0.25) is 0 Å². The van der Waals surface area contributed by atoms with Crippen molar-refractivity contribution in [2.75, 3.05) is 13.6 Å². The van der Waals surface area contributed by atoms with Crippen LogP contribution in [-0.4, -0.2) is 36.7 Å². The Morgan fingerprint density at radius 2 is 1.94 bits per heavy atom. The fraction of sp³-hybridized carbons (Fsp3) is 0.154. The van der Waals surface area contributed by atoms with E-state index in [-0.39, 0.29) is 6.54 Å². The Morgan fingerprint density at radius 3 is 2.50 bits per heavy atom. The summed E-state index contributed by atoms with van der Waals surface area (Å²) < 4.78 is 0. The van der Waals surface area contributed by atoms with Crippen molar-refractivity contribution in [3.63, 3.8) is 0 Å².